The molecule has 0 radical (unpaired) electrons. The molecule has 1 aromatic rings. The minimum atomic E-state index is -0.135. The third-order valence-corrected chi connectivity index (χ3v) is 3.57. The van der Waals surface area contributed by atoms with E-state index in [1.54, 1.807) is 11.8 Å². The summed E-state index contributed by atoms with van der Waals surface area (Å²) in [5.41, 5.74) is 2.57. The fraction of sp³-hybridized carbons (Fsp3) is 0.462. The van der Waals surface area contributed by atoms with Gasteiger partial charge in [-0.3, -0.25) is 4.79 Å². The molecule has 16 heavy (non-hydrogen) atoms. The predicted octanol–water partition coefficient (Wildman–Crippen LogP) is 3.18. The van der Waals surface area contributed by atoms with Gasteiger partial charge in [0, 0.05) is 11.0 Å². The second kappa shape index (κ2) is 6.59. The summed E-state index contributed by atoms with van der Waals surface area (Å²) in [7, 11) is 1.43. The quantitative estimate of drug-likeness (QED) is 0.737. The molecule has 0 fully saturated rings. The molecule has 3 heteroatoms. The van der Waals surface area contributed by atoms with Crippen molar-refractivity contribution in [1.82, 2.24) is 0 Å². The van der Waals surface area contributed by atoms with Gasteiger partial charge >= 0.3 is 5.97 Å². The van der Waals surface area contributed by atoms with E-state index in [1.807, 2.05) is 0 Å². The average Bonchev–Trinajstić information content (AvgIpc) is 2.28. The number of thioether (sulfide) groups is 1. The summed E-state index contributed by atoms with van der Waals surface area (Å²) in [4.78, 5) is 11.0. The van der Waals surface area contributed by atoms with Gasteiger partial charge in [-0.25, -0.2) is 0 Å². The van der Waals surface area contributed by atoms with Crippen LogP contribution in [0.2, 0.25) is 0 Å². The van der Waals surface area contributed by atoms with E-state index in [-0.39, 0.29) is 5.97 Å². The highest BCUT2D eigenvalue weighted by atomic mass is 32.2. The maximum atomic E-state index is 11.0. The molecule has 1 atom stereocenters. The molecule has 0 aliphatic rings. The smallest absolute Gasteiger partial charge is 0.306 e. The van der Waals surface area contributed by atoms with Crippen LogP contribution < -0.4 is 0 Å². The summed E-state index contributed by atoms with van der Waals surface area (Å²) in [5.74, 6) is 0.808. The van der Waals surface area contributed by atoms with Crippen LogP contribution in [0.3, 0.4) is 0 Å². The van der Waals surface area contributed by atoms with Crippen molar-refractivity contribution < 1.29 is 9.53 Å². The van der Waals surface area contributed by atoms with E-state index in [1.165, 1.54) is 18.2 Å². The molecular formula is C13H18O2S. The van der Waals surface area contributed by atoms with E-state index < -0.39 is 0 Å². The van der Waals surface area contributed by atoms with Gasteiger partial charge in [-0.15, -0.1) is 0 Å². The first-order valence-corrected chi connectivity index (χ1v) is 6.40. The molecule has 1 rings (SSSR count). The number of aryl methyl sites for hydroxylation is 1. The van der Waals surface area contributed by atoms with Crippen LogP contribution in [0, 0.1) is 6.92 Å². The summed E-state index contributed by atoms with van der Waals surface area (Å²) in [6, 6.07) is 8.49. The van der Waals surface area contributed by atoms with Crippen LogP contribution in [0.25, 0.3) is 0 Å². The van der Waals surface area contributed by atoms with Crippen molar-refractivity contribution in [2.75, 3.05) is 7.11 Å². The molecule has 0 bridgehead atoms. The lowest BCUT2D eigenvalue weighted by atomic mass is 10.2. The van der Waals surface area contributed by atoms with E-state index >= 15 is 0 Å². The summed E-state index contributed by atoms with van der Waals surface area (Å²) in [6.07, 6.45) is 0.479. The first-order chi connectivity index (χ1) is 7.61. The van der Waals surface area contributed by atoms with E-state index in [4.69, 9.17) is 0 Å². The summed E-state index contributed by atoms with van der Waals surface area (Å²) in [5, 5.41) is 0.300. The Hall–Kier alpha value is -0.960. The van der Waals surface area contributed by atoms with Crippen LogP contribution in [-0.4, -0.2) is 18.3 Å². The lowest BCUT2D eigenvalue weighted by Gasteiger charge is -2.09. The normalized spacial score (nSPS) is 12.2. The molecule has 0 amide bonds. The molecule has 0 saturated heterocycles. The zero-order valence-electron chi connectivity index (χ0n) is 10.0. The Balaban J connectivity index is 2.34. The lowest BCUT2D eigenvalue weighted by molar-refractivity contribution is -0.140. The Labute approximate surface area is 101 Å². The molecule has 88 valence electrons. The van der Waals surface area contributed by atoms with Crippen LogP contribution in [0.1, 0.15) is 24.5 Å². The largest absolute Gasteiger partial charge is 0.469 e. The van der Waals surface area contributed by atoms with E-state index in [2.05, 4.69) is 42.8 Å². The number of benzene rings is 1. The lowest BCUT2D eigenvalue weighted by Crippen LogP contribution is -2.08. The molecule has 2 nitrogen and oxygen atoms in total. The summed E-state index contributed by atoms with van der Waals surface area (Å²) in [6.45, 7) is 4.13. The fourth-order valence-corrected chi connectivity index (χ4v) is 2.22. The molecular weight excluding hydrogens is 220 g/mol. The number of esters is 1. The molecule has 0 saturated carbocycles. The third kappa shape index (κ3) is 4.71. The summed E-state index contributed by atoms with van der Waals surface area (Å²) >= 11 is 1.78. The van der Waals surface area contributed by atoms with Gasteiger partial charge in [-0.05, 0) is 12.5 Å². The monoisotopic (exact) mass is 238 g/mol. The van der Waals surface area contributed by atoms with Crippen molar-refractivity contribution in [2.24, 2.45) is 0 Å². The van der Waals surface area contributed by atoms with Crippen molar-refractivity contribution in [3.8, 4) is 0 Å². The van der Waals surface area contributed by atoms with E-state index in [0.29, 0.717) is 11.7 Å². The number of hydrogen-bond acceptors (Lipinski definition) is 3. The van der Waals surface area contributed by atoms with Gasteiger partial charge in [0.15, 0.2) is 0 Å². The van der Waals surface area contributed by atoms with Crippen LogP contribution in [0.4, 0.5) is 0 Å². The maximum Gasteiger partial charge on any atom is 0.306 e. The molecule has 1 unspecified atom stereocenters. The average molecular weight is 238 g/mol. The number of ether oxygens (including phenoxy) is 1. The van der Waals surface area contributed by atoms with E-state index in [9.17, 15) is 4.79 Å². The van der Waals surface area contributed by atoms with Crippen molar-refractivity contribution >= 4 is 17.7 Å². The van der Waals surface area contributed by atoms with Crippen LogP contribution >= 0.6 is 11.8 Å². The second-order valence-electron chi connectivity index (χ2n) is 3.89. The number of rotatable bonds is 5. The predicted molar refractivity (Wildman–Crippen MR) is 68.6 cm³/mol. The third-order valence-electron chi connectivity index (χ3n) is 2.34. The second-order valence-corrected chi connectivity index (χ2v) is 5.31. The van der Waals surface area contributed by atoms with Crippen LogP contribution in [0.5, 0.6) is 0 Å². The van der Waals surface area contributed by atoms with E-state index in [0.717, 1.165) is 5.75 Å². The highest BCUT2D eigenvalue weighted by Crippen LogP contribution is 2.20. The van der Waals surface area contributed by atoms with Crippen LogP contribution in [0.15, 0.2) is 24.3 Å². The van der Waals surface area contributed by atoms with Crippen molar-refractivity contribution in [1.29, 1.82) is 0 Å². The Bertz CT molecular complexity index is 332. The van der Waals surface area contributed by atoms with Crippen molar-refractivity contribution in [3.63, 3.8) is 0 Å². The SMILES string of the molecule is COC(=O)CC(C)SCc1ccc(C)cc1. The van der Waals surface area contributed by atoms with Gasteiger partial charge in [0.25, 0.3) is 0 Å². The Morgan fingerprint density at radius 3 is 2.56 bits per heavy atom. The van der Waals surface area contributed by atoms with Gasteiger partial charge in [0.05, 0.1) is 13.5 Å². The van der Waals surface area contributed by atoms with Gasteiger partial charge in [-0.1, -0.05) is 36.8 Å². The standard InChI is InChI=1S/C13H18O2S/c1-10-4-6-12(7-5-10)9-16-11(2)8-13(14)15-3/h4-7,11H,8-9H2,1-3H3. The minimum absolute atomic E-state index is 0.135. The Morgan fingerprint density at radius 2 is 2.00 bits per heavy atom. The minimum Gasteiger partial charge on any atom is -0.469 e. The molecule has 0 aliphatic carbocycles. The molecule has 0 N–H and O–H groups in total. The van der Waals surface area contributed by atoms with Crippen molar-refractivity contribution in [2.45, 2.75) is 31.3 Å². The Kier molecular flexibility index (Phi) is 5.39. The first-order valence-electron chi connectivity index (χ1n) is 5.35. The highest BCUT2D eigenvalue weighted by Gasteiger charge is 2.09. The number of carbonyl (C=O) groups is 1. The molecule has 0 aromatic heterocycles. The molecule has 1 aromatic carbocycles. The van der Waals surface area contributed by atoms with Gasteiger partial charge in [0.2, 0.25) is 0 Å². The number of carbonyl (C=O) groups excluding carboxylic acids is 1. The zero-order valence-corrected chi connectivity index (χ0v) is 10.8. The highest BCUT2D eigenvalue weighted by molar-refractivity contribution is 7.99. The van der Waals surface area contributed by atoms with Crippen molar-refractivity contribution in [3.05, 3.63) is 35.4 Å². The van der Waals surface area contributed by atoms with Crippen LogP contribution in [-0.2, 0) is 15.3 Å². The summed E-state index contributed by atoms with van der Waals surface area (Å²) < 4.78 is 4.64. The first kappa shape index (κ1) is 13.1. The number of methoxy groups -OCH3 is 1. The maximum absolute atomic E-state index is 11.0. The molecule has 0 aliphatic heterocycles. The topological polar surface area (TPSA) is 26.3 Å². The molecule has 0 heterocycles. The fourth-order valence-electron chi connectivity index (χ4n) is 1.30. The molecule has 0 spiro atoms. The zero-order chi connectivity index (χ0) is 12.0. The number of hydrogen-bond donors (Lipinski definition) is 0. The van der Waals surface area contributed by atoms with Gasteiger partial charge < -0.3 is 4.74 Å². The van der Waals surface area contributed by atoms with Gasteiger partial charge in [0.1, 0.15) is 0 Å². The van der Waals surface area contributed by atoms with Gasteiger partial charge in [-0.2, -0.15) is 11.8 Å². The Morgan fingerprint density at radius 1 is 1.38 bits per heavy atom.